The fourth-order valence-corrected chi connectivity index (χ4v) is 3.19. The van der Waals surface area contributed by atoms with Crippen molar-refractivity contribution in [3.05, 3.63) is 18.3 Å². The number of likely N-dealkylation sites (tertiary alicyclic amines) is 1. The van der Waals surface area contributed by atoms with E-state index in [1.54, 1.807) is 35.0 Å². The number of ether oxygens (including phenoxy) is 1. The number of hydrogen-bond acceptors (Lipinski definition) is 6. The van der Waals surface area contributed by atoms with Crippen molar-refractivity contribution in [2.75, 3.05) is 25.1 Å². The molecule has 132 valence electrons. The van der Waals surface area contributed by atoms with Gasteiger partial charge in [-0.15, -0.1) is 5.10 Å². The van der Waals surface area contributed by atoms with Crippen LogP contribution in [-0.4, -0.2) is 64.2 Å². The third kappa shape index (κ3) is 5.67. The molecule has 0 aromatic carbocycles. The zero-order chi connectivity index (χ0) is 17.4. The second-order valence-electron chi connectivity index (χ2n) is 5.76. The lowest BCUT2D eigenvalue weighted by Gasteiger charge is -2.34. The second-order valence-corrected chi connectivity index (χ2v) is 6.75. The molecular weight excluding hydrogens is 328 g/mol. The summed E-state index contributed by atoms with van der Waals surface area (Å²) in [5.41, 5.74) is 0. The van der Waals surface area contributed by atoms with Crippen LogP contribution in [0.1, 0.15) is 26.2 Å². The first-order chi connectivity index (χ1) is 11.6. The maximum atomic E-state index is 12.8. The SMILES string of the molecule is CSCCC(NC(C)=O)C(=O)N1CCCC(Oc2cccnn2)C1. The number of rotatable bonds is 7. The quantitative estimate of drug-likeness (QED) is 0.791. The van der Waals surface area contributed by atoms with Crippen molar-refractivity contribution in [1.82, 2.24) is 20.4 Å². The third-order valence-electron chi connectivity index (χ3n) is 3.81. The summed E-state index contributed by atoms with van der Waals surface area (Å²) in [6.07, 6.45) is 5.85. The summed E-state index contributed by atoms with van der Waals surface area (Å²) in [6, 6.07) is 3.06. The highest BCUT2D eigenvalue weighted by Gasteiger charge is 2.30. The van der Waals surface area contributed by atoms with Gasteiger partial charge < -0.3 is 15.0 Å². The van der Waals surface area contributed by atoms with E-state index in [0.717, 1.165) is 18.6 Å². The summed E-state index contributed by atoms with van der Waals surface area (Å²) in [5.74, 6) is 1.08. The number of aromatic nitrogens is 2. The minimum atomic E-state index is -0.467. The van der Waals surface area contributed by atoms with Crippen LogP contribution in [0.25, 0.3) is 0 Å². The van der Waals surface area contributed by atoms with Gasteiger partial charge in [0.05, 0.1) is 6.54 Å². The molecule has 1 aromatic heterocycles. The number of nitrogens with zero attached hydrogens (tertiary/aromatic N) is 3. The first-order valence-corrected chi connectivity index (χ1v) is 9.48. The van der Waals surface area contributed by atoms with Gasteiger partial charge in [0.2, 0.25) is 17.7 Å². The fraction of sp³-hybridized carbons (Fsp3) is 0.625. The molecule has 0 aliphatic carbocycles. The average molecular weight is 352 g/mol. The number of thioether (sulfide) groups is 1. The van der Waals surface area contributed by atoms with Crippen molar-refractivity contribution in [2.24, 2.45) is 0 Å². The maximum absolute atomic E-state index is 12.8. The molecule has 0 radical (unpaired) electrons. The normalized spacial score (nSPS) is 18.8. The highest BCUT2D eigenvalue weighted by molar-refractivity contribution is 7.98. The van der Waals surface area contributed by atoms with Crippen LogP contribution in [-0.2, 0) is 9.59 Å². The van der Waals surface area contributed by atoms with Gasteiger partial charge in [-0.05, 0) is 37.3 Å². The molecule has 8 heteroatoms. The molecule has 2 amide bonds. The van der Waals surface area contributed by atoms with Crippen molar-refractivity contribution in [3.8, 4) is 5.88 Å². The molecule has 2 heterocycles. The Hall–Kier alpha value is -1.83. The number of hydrogen-bond donors (Lipinski definition) is 1. The van der Waals surface area contributed by atoms with E-state index in [2.05, 4.69) is 15.5 Å². The minimum Gasteiger partial charge on any atom is -0.471 e. The van der Waals surface area contributed by atoms with Gasteiger partial charge in [0.1, 0.15) is 12.1 Å². The number of carbonyl (C=O) groups excluding carboxylic acids is 2. The van der Waals surface area contributed by atoms with Gasteiger partial charge in [0.25, 0.3) is 0 Å². The van der Waals surface area contributed by atoms with Gasteiger partial charge in [-0.3, -0.25) is 9.59 Å². The molecule has 0 bridgehead atoms. The van der Waals surface area contributed by atoms with Crippen LogP contribution in [0.3, 0.4) is 0 Å². The van der Waals surface area contributed by atoms with Crippen molar-refractivity contribution >= 4 is 23.6 Å². The molecule has 2 atom stereocenters. The molecule has 0 saturated carbocycles. The van der Waals surface area contributed by atoms with Crippen LogP contribution >= 0.6 is 11.8 Å². The molecule has 2 rings (SSSR count). The van der Waals surface area contributed by atoms with Crippen LogP contribution in [0, 0.1) is 0 Å². The van der Waals surface area contributed by atoms with E-state index in [0.29, 0.717) is 25.4 Å². The van der Waals surface area contributed by atoms with Crippen LogP contribution in [0.4, 0.5) is 0 Å². The topological polar surface area (TPSA) is 84.4 Å². The Morgan fingerprint density at radius 1 is 1.54 bits per heavy atom. The predicted molar refractivity (Wildman–Crippen MR) is 92.9 cm³/mol. The minimum absolute atomic E-state index is 0.0355. The van der Waals surface area contributed by atoms with E-state index in [9.17, 15) is 9.59 Å². The Morgan fingerprint density at radius 2 is 2.38 bits per heavy atom. The molecule has 1 fully saturated rings. The molecule has 1 aromatic rings. The largest absolute Gasteiger partial charge is 0.471 e. The van der Waals surface area contributed by atoms with E-state index in [1.165, 1.54) is 6.92 Å². The summed E-state index contributed by atoms with van der Waals surface area (Å²) >= 11 is 1.66. The Morgan fingerprint density at radius 3 is 3.04 bits per heavy atom. The molecule has 1 aliphatic rings. The van der Waals surface area contributed by atoms with E-state index in [-0.39, 0.29) is 17.9 Å². The number of piperidine rings is 1. The second kappa shape index (κ2) is 9.46. The van der Waals surface area contributed by atoms with Gasteiger partial charge in [0.15, 0.2) is 0 Å². The molecule has 1 saturated heterocycles. The molecular formula is C16H24N4O3S. The summed E-state index contributed by atoms with van der Waals surface area (Å²) in [6.45, 7) is 2.63. The summed E-state index contributed by atoms with van der Waals surface area (Å²) < 4.78 is 5.82. The van der Waals surface area contributed by atoms with E-state index >= 15 is 0 Å². The van der Waals surface area contributed by atoms with Crippen LogP contribution in [0.15, 0.2) is 18.3 Å². The first-order valence-electron chi connectivity index (χ1n) is 8.09. The van der Waals surface area contributed by atoms with Gasteiger partial charge in [0, 0.05) is 25.7 Å². The Bertz CT molecular complexity index is 543. The van der Waals surface area contributed by atoms with Gasteiger partial charge >= 0.3 is 0 Å². The molecule has 1 aliphatic heterocycles. The lowest BCUT2D eigenvalue weighted by molar-refractivity contribution is -0.138. The van der Waals surface area contributed by atoms with E-state index < -0.39 is 6.04 Å². The van der Waals surface area contributed by atoms with Gasteiger partial charge in [-0.1, -0.05) is 0 Å². The summed E-state index contributed by atoms with van der Waals surface area (Å²) in [7, 11) is 0. The highest BCUT2D eigenvalue weighted by Crippen LogP contribution is 2.17. The molecule has 7 nitrogen and oxygen atoms in total. The third-order valence-corrected chi connectivity index (χ3v) is 4.46. The molecule has 24 heavy (non-hydrogen) atoms. The first kappa shape index (κ1) is 18.5. The molecule has 2 unspecified atom stereocenters. The van der Waals surface area contributed by atoms with Crippen molar-refractivity contribution in [3.63, 3.8) is 0 Å². The van der Waals surface area contributed by atoms with Crippen molar-refractivity contribution < 1.29 is 14.3 Å². The van der Waals surface area contributed by atoms with E-state index in [4.69, 9.17) is 4.74 Å². The van der Waals surface area contributed by atoms with Crippen LogP contribution in [0.5, 0.6) is 5.88 Å². The van der Waals surface area contributed by atoms with E-state index in [1.807, 2.05) is 6.26 Å². The zero-order valence-corrected chi connectivity index (χ0v) is 14.9. The number of amides is 2. The monoisotopic (exact) mass is 352 g/mol. The average Bonchev–Trinajstić information content (AvgIpc) is 2.59. The lowest BCUT2D eigenvalue weighted by Crippen LogP contribution is -2.52. The smallest absolute Gasteiger partial charge is 0.245 e. The van der Waals surface area contributed by atoms with Crippen LogP contribution < -0.4 is 10.1 Å². The summed E-state index contributed by atoms with van der Waals surface area (Å²) in [4.78, 5) is 25.9. The Balaban J connectivity index is 1.95. The number of nitrogens with one attached hydrogen (secondary N) is 1. The van der Waals surface area contributed by atoms with Gasteiger partial charge in [-0.25, -0.2) is 0 Å². The Kier molecular flexibility index (Phi) is 7.30. The molecule has 1 N–H and O–H groups in total. The predicted octanol–water partition coefficient (Wildman–Crippen LogP) is 1.10. The van der Waals surface area contributed by atoms with Crippen molar-refractivity contribution in [2.45, 2.75) is 38.3 Å². The standard InChI is InChI=1S/C16H24N4O3S/c1-12(21)18-14(7-10-24-2)16(22)20-9-4-5-13(11-20)23-15-6-3-8-17-19-15/h3,6,8,13-14H,4-5,7,9-11H2,1-2H3,(H,18,21). The lowest BCUT2D eigenvalue weighted by atomic mass is 10.1. The maximum Gasteiger partial charge on any atom is 0.245 e. The fourth-order valence-electron chi connectivity index (χ4n) is 2.71. The highest BCUT2D eigenvalue weighted by atomic mass is 32.2. The number of carbonyl (C=O) groups is 2. The van der Waals surface area contributed by atoms with Crippen molar-refractivity contribution in [1.29, 1.82) is 0 Å². The molecule has 0 spiro atoms. The summed E-state index contributed by atoms with van der Waals surface area (Å²) in [5, 5.41) is 10.5. The Labute approximate surface area is 146 Å². The zero-order valence-electron chi connectivity index (χ0n) is 14.1. The van der Waals surface area contributed by atoms with Crippen LogP contribution in [0.2, 0.25) is 0 Å². The van der Waals surface area contributed by atoms with Gasteiger partial charge in [-0.2, -0.15) is 16.9 Å².